The van der Waals surface area contributed by atoms with Crippen molar-refractivity contribution in [2.45, 2.75) is 18.9 Å². The van der Waals surface area contributed by atoms with Crippen LogP contribution < -0.4 is 20.1 Å². The van der Waals surface area contributed by atoms with Crippen molar-refractivity contribution in [2.75, 3.05) is 71.0 Å². The number of nitrogens with zero attached hydrogens (tertiary/aromatic N) is 2. The van der Waals surface area contributed by atoms with Gasteiger partial charge in [0.25, 0.3) is 0 Å². The fourth-order valence-corrected chi connectivity index (χ4v) is 3.94. The Kier molecular flexibility index (Phi) is 6.51. The van der Waals surface area contributed by atoms with Crippen molar-refractivity contribution in [3.8, 4) is 11.5 Å². The number of ether oxygens (including phenoxy) is 3. The van der Waals surface area contributed by atoms with Crippen molar-refractivity contribution in [3.05, 3.63) is 18.2 Å². The molecule has 154 valence electrons. The maximum atomic E-state index is 13.1. The summed E-state index contributed by atoms with van der Waals surface area (Å²) in [6.07, 6.45) is 2.13. The molecular weight excluding hydrogens is 360 g/mol. The second-order valence-electron chi connectivity index (χ2n) is 7.44. The molecule has 2 N–H and O–H groups in total. The molecular formula is C20H30N4O4. The van der Waals surface area contributed by atoms with Gasteiger partial charge in [-0.15, -0.1) is 0 Å². The van der Waals surface area contributed by atoms with Gasteiger partial charge in [0.1, 0.15) is 13.2 Å². The van der Waals surface area contributed by atoms with E-state index in [1.165, 1.54) is 0 Å². The predicted molar refractivity (Wildman–Crippen MR) is 106 cm³/mol. The van der Waals surface area contributed by atoms with E-state index in [2.05, 4.69) is 15.5 Å². The number of rotatable bonds is 5. The lowest BCUT2D eigenvalue weighted by Crippen LogP contribution is -2.53. The van der Waals surface area contributed by atoms with Gasteiger partial charge in [0.15, 0.2) is 11.5 Å². The number of urea groups is 1. The zero-order chi connectivity index (χ0) is 19.2. The number of piperidine rings is 1. The second kappa shape index (κ2) is 9.45. The number of morpholine rings is 1. The van der Waals surface area contributed by atoms with Crippen LogP contribution in [0.15, 0.2) is 18.2 Å². The molecule has 28 heavy (non-hydrogen) atoms. The SMILES string of the molecule is O=C(Nc1ccc2c(c1)OCCO2)N(CCN1CCOCC1)C1CCCNC1. The third-order valence-corrected chi connectivity index (χ3v) is 5.53. The highest BCUT2D eigenvalue weighted by atomic mass is 16.6. The van der Waals surface area contributed by atoms with E-state index in [-0.39, 0.29) is 12.1 Å². The molecule has 1 aromatic carbocycles. The Hall–Kier alpha value is -2.03. The van der Waals surface area contributed by atoms with E-state index in [1.54, 1.807) is 0 Å². The molecule has 3 heterocycles. The van der Waals surface area contributed by atoms with Gasteiger partial charge in [0, 0.05) is 50.5 Å². The van der Waals surface area contributed by atoms with Gasteiger partial charge in [-0.2, -0.15) is 0 Å². The number of hydrogen-bond acceptors (Lipinski definition) is 6. The number of carbonyl (C=O) groups excluding carboxylic acids is 1. The first-order chi connectivity index (χ1) is 13.8. The highest BCUT2D eigenvalue weighted by molar-refractivity contribution is 5.90. The number of hydrogen-bond donors (Lipinski definition) is 2. The average Bonchev–Trinajstić information content (AvgIpc) is 2.75. The molecule has 3 aliphatic rings. The lowest BCUT2D eigenvalue weighted by Gasteiger charge is -2.36. The molecule has 8 nitrogen and oxygen atoms in total. The maximum Gasteiger partial charge on any atom is 0.322 e. The van der Waals surface area contributed by atoms with Gasteiger partial charge in [-0.05, 0) is 31.5 Å². The Labute approximate surface area is 166 Å². The first-order valence-corrected chi connectivity index (χ1v) is 10.3. The number of amides is 2. The van der Waals surface area contributed by atoms with Crippen LogP contribution in [-0.4, -0.2) is 87.6 Å². The lowest BCUT2D eigenvalue weighted by molar-refractivity contribution is 0.0331. The molecule has 0 saturated carbocycles. The number of carbonyl (C=O) groups is 1. The van der Waals surface area contributed by atoms with Crippen molar-refractivity contribution in [1.29, 1.82) is 0 Å². The molecule has 1 aromatic rings. The van der Waals surface area contributed by atoms with Crippen molar-refractivity contribution < 1.29 is 19.0 Å². The highest BCUT2D eigenvalue weighted by Crippen LogP contribution is 2.32. The van der Waals surface area contributed by atoms with E-state index in [4.69, 9.17) is 14.2 Å². The molecule has 0 radical (unpaired) electrons. The van der Waals surface area contributed by atoms with Crippen molar-refractivity contribution in [2.24, 2.45) is 0 Å². The Morgan fingerprint density at radius 2 is 2.00 bits per heavy atom. The maximum absolute atomic E-state index is 13.1. The van der Waals surface area contributed by atoms with Crippen LogP contribution in [0, 0.1) is 0 Å². The van der Waals surface area contributed by atoms with E-state index < -0.39 is 0 Å². The van der Waals surface area contributed by atoms with Gasteiger partial charge >= 0.3 is 6.03 Å². The molecule has 4 rings (SSSR count). The molecule has 0 aromatic heterocycles. The molecule has 0 aliphatic carbocycles. The fourth-order valence-electron chi connectivity index (χ4n) is 3.94. The lowest BCUT2D eigenvalue weighted by atomic mass is 10.1. The summed E-state index contributed by atoms with van der Waals surface area (Å²) in [7, 11) is 0. The van der Waals surface area contributed by atoms with Crippen LogP contribution >= 0.6 is 0 Å². The van der Waals surface area contributed by atoms with Crippen LogP contribution in [0.25, 0.3) is 0 Å². The van der Waals surface area contributed by atoms with E-state index in [9.17, 15) is 4.79 Å². The monoisotopic (exact) mass is 390 g/mol. The smallest absolute Gasteiger partial charge is 0.322 e. The minimum absolute atomic E-state index is 0.0568. The number of fused-ring (bicyclic) bond motifs is 1. The topological polar surface area (TPSA) is 75.3 Å². The van der Waals surface area contributed by atoms with Crippen molar-refractivity contribution in [1.82, 2.24) is 15.1 Å². The summed E-state index contributed by atoms with van der Waals surface area (Å²) in [5.41, 5.74) is 0.731. The summed E-state index contributed by atoms with van der Waals surface area (Å²) in [6, 6.07) is 5.71. The number of anilines is 1. The summed E-state index contributed by atoms with van der Waals surface area (Å²) in [4.78, 5) is 17.5. The van der Waals surface area contributed by atoms with Gasteiger partial charge in [-0.25, -0.2) is 4.79 Å². The Balaban J connectivity index is 1.41. The Bertz CT molecular complexity index is 660. The molecule has 8 heteroatoms. The summed E-state index contributed by atoms with van der Waals surface area (Å²) in [6.45, 7) is 7.95. The van der Waals surface area contributed by atoms with E-state index >= 15 is 0 Å². The molecule has 2 fully saturated rings. The minimum atomic E-state index is -0.0568. The summed E-state index contributed by atoms with van der Waals surface area (Å²) in [5.74, 6) is 1.41. The van der Waals surface area contributed by atoms with Crippen LogP contribution in [0.1, 0.15) is 12.8 Å². The molecule has 0 bridgehead atoms. The molecule has 0 spiro atoms. The Morgan fingerprint density at radius 1 is 1.18 bits per heavy atom. The first-order valence-electron chi connectivity index (χ1n) is 10.3. The minimum Gasteiger partial charge on any atom is -0.486 e. The van der Waals surface area contributed by atoms with Crippen LogP contribution in [0.3, 0.4) is 0 Å². The van der Waals surface area contributed by atoms with Crippen molar-refractivity contribution >= 4 is 11.7 Å². The van der Waals surface area contributed by atoms with Gasteiger partial charge in [0.05, 0.1) is 13.2 Å². The number of benzene rings is 1. The van der Waals surface area contributed by atoms with Crippen LogP contribution in [0.4, 0.5) is 10.5 Å². The highest BCUT2D eigenvalue weighted by Gasteiger charge is 2.26. The van der Waals surface area contributed by atoms with Crippen molar-refractivity contribution in [3.63, 3.8) is 0 Å². The van der Waals surface area contributed by atoms with Crippen LogP contribution in [0.5, 0.6) is 11.5 Å². The zero-order valence-electron chi connectivity index (χ0n) is 16.3. The molecule has 2 amide bonds. The molecule has 2 saturated heterocycles. The molecule has 3 aliphatic heterocycles. The summed E-state index contributed by atoms with van der Waals surface area (Å²) in [5, 5.41) is 6.48. The quantitative estimate of drug-likeness (QED) is 0.791. The van der Waals surface area contributed by atoms with E-state index in [0.29, 0.717) is 25.5 Å². The Morgan fingerprint density at radius 3 is 2.79 bits per heavy atom. The van der Waals surface area contributed by atoms with Gasteiger partial charge in [-0.1, -0.05) is 0 Å². The predicted octanol–water partition coefficient (Wildman–Crippen LogP) is 1.38. The fraction of sp³-hybridized carbons (Fsp3) is 0.650. The summed E-state index contributed by atoms with van der Waals surface area (Å²) < 4.78 is 16.6. The second-order valence-corrected chi connectivity index (χ2v) is 7.44. The third kappa shape index (κ3) is 4.87. The van der Waals surface area contributed by atoms with E-state index in [0.717, 1.165) is 70.2 Å². The molecule has 1 unspecified atom stereocenters. The number of nitrogens with one attached hydrogen (secondary N) is 2. The summed E-state index contributed by atoms with van der Waals surface area (Å²) >= 11 is 0. The standard InChI is InChI=1S/C20H30N4O4/c25-20(22-16-3-4-18-19(14-16)28-13-12-27-18)24(17-2-1-5-21-15-17)7-6-23-8-10-26-11-9-23/h3-4,14,17,21H,1-2,5-13,15H2,(H,22,25). The first kappa shape index (κ1) is 19.3. The van der Waals surface area contributed by atoms with E-state index in [1.807, 2.05) is 23.1 Å². The van der Waals surface area contributed by atoms with Gasteiger partial charge < -0.3 is 29.7 Å². The van der Waals surface area contributed by atoms with Gasteiger partial charge in [-0.3, -0.25) is 4.90 Å². The van der Waals surface area contributed by atoms with Crippen LogP contribution in [0.2, 0.25) is 0 Å². The van der Waals surface area contributed by atoms with Crippen LogP contribution in [-0.2, 0) is 4.74 Å². The molecule has 1 atom stereocenters. The van der Waals surface area contributed by atoms with Gasteiger partial charge in [0.2, 0.25) is 0 Å². The largest absolute Gasteiger partial charge is 0.486 e. The zero-order valence-corrected chi connectivity index (χ0v) is 16.3. The average molecular weight is 390 g/mol. The third-order valence-electron chi connectivity index (χ3n) is 5.53. The normalized spacial score (nSPS) is 22.5.